The number of nitrogens with zero attached hydrogens (tertiary/aromatic N) is 5. The number of aromatic hydroxyl groups is 1. The lowest BCUT2D eigenvalue weighted by atomic mass is 10.2. The van der Waals surface area contributed by atoms with Crippen LogP contribution in [0.4, 0.5) is 5.82 Å². The zero-order valence-corrected chi connectivity index (χ0v) is 15.6. The van der Waals surface area contributed by atoms with Crippen LogP contribution >= 0.6 is 15.9 Å². The minimum absolute atomic E-state index is 0.149. The fraction of sp³-hybridized carbons (Fsp3) is 0.176. The van der Waals surface area contributed by atoms with Gasteiger partial charge in [0, 0.05) is 27.5 Å². The molecule has 2 heterocycles. The summed E-state index contributed by atoms with van der Waals surface area (Å²) in [6, 6.07) is 8.88. The van der Waals surface area contributed by atoms with E-state index in [4.69, 9.17) is 0 Å². The topological polar surface area (TPSA) is 88.2 Å². The number of phenols is 1. The van der Waals surface area contributed by atoms with Gasteiger partial charge in [0.15, 0.2) is 5.82 Å². The second-order valence-corrected chi connectivity index (χ2v) is 6.52. The summed E-state index contributed by atoms with van der Waals surface area (Å²) in [7, 11) is 0. The molecule has 1 aromatic carbocycles. The Labute approximate surface area is 153 Å². The fourth-order valence-corrected chi connectivity index (χ4v) is 2.71. The molecule has 0 aliphatic heterocycles. The third-order valence-corrected chi connectivity index (χ3v) is 3.91. The zero-order chi connectivity index (χ0) is 18.0. The van der Waals surface area contributed by atoms with Crippen molar-refractivity contribution in [1.82, 2.24) is 19.7 Å². The molecule has 128 valence electrons. The number of halogens is 1. The predicted octanol–water partition coefficient (Wildman–Crippen LogP) is 3.50. The zero-order valence-electron chi connectivity index (χ0n) is 14.0. The molecule has 0 radical (unpaired) electrons. The first-order chi connectivity index (χ1) is 11.9. The van der Waals surface area contributed by atoms with Crippen LogP contribution in [0, 0.1) is 20.8 Å². The number of nitrogens with one attached hydrogen (secondary N) is 1. The summed E-state index contributed by atoms with van der Waals surface area (Å²) in [6.07, 6.45) is 1.53. The van der Waals surface area contributed by atoms with E-state index in [0.29, 0.717) is 17.3 Å². The van der Waals surface area contributed by atoms with E-state index in [1.807, 2.05) is 26.8 Å². The molecule has 8 heteroatoms. The van der Waals surface area contributed by atoms with Gasteiger partial charge in [-0.2, -0.15) is 15.2 Å². The quantitative estimate of drug-likeness (QED) is 0.516. The van der Waals surface area contributed by atoms with Crippen LogP contribution < -0.4 is 5.43 Å². The molecule has 0 saturated heterocycles. The van der Waals surface area contributed by atoms with Crippen molar-refractivity contribution in [2.45, 2.75) is 20.8 Å². The molecule has 2 aromatic heterocycles. The van der Waals surface area contributed by atoms with Crippen LogP contribution in [0.1, 0.15) is 22.6 Å². The van der Waals surface area contributed by atoms with Gasteiger partial charge in [-0.15, -0.1) is 0 Å². The van der Waals surface area contributed by atoms with Crippen LogP contribution in [0.25, 0.3) is 5.95 Å². The van der Waals surface area contributed by atoms with E-state index in [0.717, 1.165) is 21.6 Å². The van der Waals surface area contributed by atoms with Crippen molar-refractivity contribution in [3.05, 3.63) is 57.4 Å². The Bertz CT molecular complexity index is 950. The van der Waals surface area contributed by atoms with E-state index in [9.17, 15) is 5.11 Å². The fourth-order valence-electron chi connectivity index (χ4n) is 2.33. The number of aryl methyl sites for hydroxylation is 3. The summed E-state index contributed by atoms with van der Waals surface area (Å²) in [4.78, 5) is 8.86. The normalized spacial score (nSPS) is 11.2. The van der Waals surface area contributed by atoms with E-state index in [2.05, 4.69) is 41.5 Å². The van der Waals surface area contributed by atoms with Crippen molar-refractivity contribution in [3.63, 3.8) is 0 Å². The maximum Gasteiger partial charge on any atom is 0.253 e. The number of rotatable bonds is 4. The van der Waals surface area contributed by atoms with Crippen LogP contribution in [0.3, 0.4) is 0 Å². The van der Waals surface area contributed by atoms with Gasteiger partial charge in [0.25, 0.3) is 5.95 Å². The first kappa shape index (κ1) is 17.1. The summed E-state index contributed by atoms with van der Waals surface area (Å²) in [6.45, 7) is 5.76. The van der Waals surface area contributed by atoms with E-state index in [1.165, 1.54) is 6.21 Å². The van der Waals surface area contributed by atoms with Gasteiger partial charge in [0.05, 0.1) is 11.9 Å². The van der Waals surface area contributed by atoms with Crippen molar-refractivity contribution < 1.29 is 5.11 Å². The van der Waals surface area contributed by atoms with E-state index < -0.39 is 0 Å². The maximum absolute atomic E-state index is 9.82. The first-order valence-electron chi connectivity index (χ1n) is 7.59. The molecule has 2 N–H and O–H groups in total. The van der Waals surface area contributed by atoms with Crippen LogP contribution in [-0.2, 0) is 0 Å². The maximum atomic E-state index is 9.82. The Balaban J connectivity index is 1.85. The molecular formula is C17H17BrN6O. The minimum atomic E-state index is 0.149. The Morgan fingerprint density at radius 2 is 1.92 bits per heavy atom. The Hall–Kier alpha value is -2.74. The second-order valence-electron chi connectivity index (χ2n) is 5.61. The van der Waals surface area contributed by atoms with Gasteiger partial charge in [-0.05, 0) is 45.0 Å². The molecule has 0 saturated carbocycles. The van der Waals surface area contributed by atoms with Gasteiger partial charge in [0.2, 0.25) is 0 Å². The number of hydrazone groups is 1. The molecule has 0 unspecified atom stereocenters. The monoisotopic (exact) mass is 400 g/mol. The molecule has 0 aliphatic rings. The number of anilines is 1. The molecule has 7 nitrogen and oxygen atoms in total. The average molecular weight is 401 g/mol. The minimum Gasteiger partial charge on any atom is -0.507 e. The highest BCUT2D eigenvalue weighted by molar-refractivity contribution is 9.10. The smallest absolute Gasteiger partial charge is 0.253 e. The highest BCUT2D eigenvalue weighted by Crippen LogP contribution is 2.20. The molecule has 0 aliphatic carbocycles. The molecule has 0 spiro atoms. The highest BCUT2D eigenvalue weighted by Gasteiger charge is 2.08. The van der Waals surface area contributed by atoms with E-state index in [1.54, 1.807) is 28.9 Å². The number of phenolic OH excluding ortho intramolecular Hbond substituents is 1. The lowest BCUT2D eigenvalue weighted by Crippen LogP contribution is -2.08. The van der Waals surface area contributed by atoms with Crippen LogP contribution in [0.5, 0.6) is 5.75 Å². The van der Waals surface area contributed by atoms with Gasteiger partial charge < -0.3 is 5.11 Å². The summed E-state index contributed by atoms with van der Waals surface area (Å²) in [5.74, 6) is 1.17. The summed E-state index contributed by atoms with van der Waals surface area (Å²) in [5.41, 5.74) is 6.11. The second kappa shape index (κ2) is 7.02. The SMILES string of the molecule is Cc1cc(N/N=C\c2cc(Br)ccc2O)nc(-n2nc(C)cc2C)n1. The standard InChI is InChI=1S/C17H17BrN6O/c1-10-7-16(21-17(20-10)24-12(3)6-11(2)23-24)22-19-9-13-8-14(18)4-5-15(13)25/h4-9,25H,1-3H3,(H,20,21,22)/b19-9-. The molecule has 3 rings (SSSR count). The third kappa shape index (κ3) is 4.03. The van der Waals surface area contributed by atoms with E-state index >= 15 is 0 Å². The van der Waals surface area contributed by atoms with Crippen molar-refractivity contribution in [3.8, 4) is 11.7 Å². The first-order valence-corrected chi connectivity index (χ1v) is 8.38. The average Bonchev–Trinajstić information content (AvgIpc) is 2.89. The summed E-state index contributed by atoms with van der Waals surface area (Å²) in [5, 5.41) is 18.4. The summed E-state index contributed by atoms with van der Waals surface area (Å²) >= 11 is 3.36. The Kier molecular flexibility index (Phi) is 4.80. The molecule has 0 atom stereocenters. The number of aromatic nitrogens is 4. The Morgan fingerprint density at radius 1 is 1.12 bits per heavy atom. The van der Waals surface area contributed by atoms with Crippen molar-refractivity contribution in [2.75, 3.05) is 5.43 Å². The molecule has 0 bridgehead atoms. The van der Waals surface area contributed by atoms with Gasteiger partial charge in [0.1, 0.15) is 5.75 Å². The van der Waals surface area contributed by atoms with Gasteiger partial charge >= 0.3 is 0 Å². The lowest BCUT2D eigenvalue weighted by molar-refractivity contribution is 0.474. The number of hydrogen-bond acceptors (Lipinski definition) is 6. The number of hydrogen-bond donors (Lipinski definition) is 2. The molecule has 0 amide bonds. The largest absolute Gasteiger partial charge is 0.507 e. The molecule has 25 heavy (non-hydrogen) atoms. The molecular weight excluding hydrogens is 384 g/mol. The number of benzene rings is 1. The van der Waals surface area contributed by atoms with Gasteiger partial charge in [-0.3, -0.25) is 5.43 Å². The van der Waals surface area contributed by atoms with Crippen molar-refractivity contribution in [2.24, 2.45) is 5.10 Å². The van der Waals surface area contributed by atoms with Crippen LogP contribution in [-0.4, -0.2) is 31.1 Å². The lowest BCUT2D eigenvalue weighted by Gasteiger charge is -2.06. The van der Waals surface area contributed by atoms with Crippen molar-refractivity contribution >= 4 is 28.0 Å². The van der Waals surface area contributed by atoms with Gasteiger partial charge in [-0.25, -0.2) is 9.67 Å². The molecule has 0 fully saturated rings. The Morgan fingerprint density at radius 3 is 2.64 bits per heavy atom. The van der Waals surface area contributed by atoms with Crippen molar-refractivity contribution in [1.29, 1.82) is 0 Å². The van der Waals surface area contributed by atoms with Crippen LogP contribution in [0.2, 0.25) is 0 Å². The van der Waals surface area contributed by atoms with E-state index in [-0.39, 0.29) is 5.75 Å². The molecule has 3 aromatic rings. The van der Waals surface area contributed by atoms with Crippen LogP contribution in [0.15, 0.2) is 39.9 Å². The highest BCUT2D eigenvalue weighted by atomic mass is 79.9. The van der Waals surface area contributed by atoms with Gasteiger partial charge in [-0.1, -0.05) is 15.9 Å². The summed E-state index contributed by atoms with van der Waals surface area (Å²) < 4.78 is 2.55. The predicted molar refractivity (Wildman–Crippen MR) is 100 cm³/mol. The third-order valence-electron chi connectivity index (χ3n) is 3.41.